The van der Waals surface area contributed by atoms with Gasteiger partial charge in [-0.2, -0.15) is 4.98 Å². The lowest BCUT2D eigenvalue weighted by molar-refractivity contribution is 0.224. The highest BCUT2D eigenvalue weighted by Gasteiger charge is 2.27. The van der Waals surface area contributed by atoms with Crippen LogP contribution >= 0.6 is 27.7 Å². The molecule has 0 radical (unpaired) electrons. The summed E-state index contributed by atoms with van der Waals surface area (Å²) in [5.74, 6) is 1.42. The average molecular weight is 431 g/mol. The van der Waals surface area contributed by atoms with Crippen LogP contribution in [0.25, 0.3) is 11.3 Å². The summed E-state index contributed by atoms with van der Waals surface area (Å²) in [6.07, 6.45) is -0.546. The van der Waals surface area contributed by atoms with Crippen LogP contribution in [-0.4, -0.2) is 26.0 Å². The number of aromatic nitrogens is 3. The van der Waals surface area contributed by atoms with Gasteiger partial charge in [-0.25, -0.2) is 0 Å². The Morgan fingerprint density at radius 1 is 1.23 bits per heavy atom. The summed E-state index contributed by atoms with van der Waals surface area (Å²) in [7, 11) is 0. The molecular formula is C18H15BrN4O2S. The number of phenols is 1. The van der Waals surface area contributed by atoms with Crippen LogP contribution in [0, 0.1) is 0 Å². The Morgan fingerprint density at radius 3 is 2.92 bits per heavy atom. The average Bonchev–Trinajstić information content (AvgIpc) is 2.80. The minimum absolute atomic E-state index is 0.161. The molecule has 0 fully saturated rings. The van der Waals surface area contributed by atoms with E-state index in [0.29, 0.717) is 16.7 Å². The smallest absolute Gasteiger partial charge is 0.247 e. The Kier molecular flexibility index (Phi) is 4.69. The third-order valence-electron chi connectivity index (χ3n) is 3.87. The van der Waals surface area contributed by atoms with E-state index in [-0.39, 0.29) is 5.75 Å². The van der Waals surface area contributed by atoms with E-state index in [1.165, 1.54) is 11.8 Å². The van der Waals surface area contributed by atoms with Crippen LogP contribution in [0.3, 0.4) is 0 Å². The highest BCUT2D eigenvalue weighted by atomic mass is 79.9. The van der Waals surface area contributed by atoms with Gasteiger partial charge in [-0.3, -0.25) is 0 Å². The monoisotopic (exact) mass is 430 g/mol. The zero-order chi connectivity index (χ0) is 18.1. The molecular weight excluding hydrogens is 416 g/mol. The van der Waals surface area contributed by atoms with Crippen LogP contribution < -0.4 is 10.1 Å². The molecule has 0 saturated carbocycles. The van der Waals surface area contributed by atoms with E-state index in [0.717, 1.165) is 27.0 Å². The van der Waals surface area contributed by atoms with Crippen LogP contribution in [-0.2, 0) is 0 Å². The maximum absolute atomic E-state index is 9.90. The van der Waals surface area contributed by atoms with Gasteiger partial charge in [0.25, 0.3) is 0 Å². The Hall–Kier alpha value is -2.32. The largest absolute Gasteiger partial charge is 0.508 e. The lowest BCUT2D eigenvalue weighted by Crippen LogP contribution is -2.17. The Bertz CT molecular complexity index is 970. The molecule has 2 heterocycles. The number of nitrogens with zero attached hydrogens (tertiary/aromatic N) is 3. The van der Waals surface area contributed by atoms with Crippen molar-refractivity contribution in [2.75, 3.05) is 11.1 Å². The summed E-state index contributed by atoms with van der Waals surface area (Å²) in [5, 5.41) is 22.4. The molecule has 0 aliphatic carbocycles. The molecule has 2 aromatic carbocycles. The van der Waals surface area contributed by atoms with Gasteiger partial charge >= 0.3 is 0 Å². The number of thioether (sulfide) groups is 1. The number of phenolic OH excluding ortho intramolecular Hbond substituents is 1. The van der Waals surface area contributed by atoms with Crippen molar-refractivity contribution < 1.29 is 9.84 Å². The second-order valence-electron chi connectivity index (χ2n) is 5.57. The fourth-order valence-electron chi connectivity index (χ4n) is 2.71. The van der Waals surface area contributed by atoms with Crippen molar-refractivity contribution >= 4 is 33.4 Å². The van der Waals surface area contributed by atoms with Crippen molar-refractivity contribution in [3.8, 4) is 22.9 Å². The predicted molar refractivity (Wildman–Crippen MR) is 104 cm³/mol. The third-order valence-corrected chi connectivity index (χ3v) is 5.31. The number of anilines is 1. The van der Waals surface area contributed by atoms with Gasteiger partial charge in [-0.15, -0.1) is 10.2 Å². The van der Waals surface area contributed by atoms with Crippen LogP contribution in [0.1, 0.15) is 18.7 Å². The van der Waals surface area contributed by atoms with E-state index in [2.05, 4.69) is 36.4 Å². The molecule has 8 heteroatoms. The van der Waals surface area contributed by atoms with Crippen molar-refractivity contribution in [1.29, 1.82) is 0 Å². The number of benzene rings is 2. The van der Waals surface area contributed by atoms with Gasteiger partial charge in [0.05, 0.1) is 0 Å². The quantitative estimate of drug-likeness (QED) is 0.586. The number of hydrogen-bond donors (Lipinski definition) is 2. The van der Waals surface area contributed by atoms with Gasteiger partial charge in [-0.1, -0.05) is 52.8 Å². The fraction of sp³-hybridized carbons (Fsp3) is 0.167. The summed E-state index contributed by atoms with van der Waals surface area (Å²) in [5.41, 5.74) is 3.08. The first-order valence-corrected chi connectivity index (χ1v) is 9.82. The molecule has 1 atom stereocenters. The van der Waals surface area contributed by atoms with Crippen molar-refractivity contribution in [3.05, 3.63) is 52.5 Å². The molecule has 4 rings (SSSR count). The molecule has 26 heavy (non-hydrogen) atoms. The Labute approximate surface area is 163 Å². The van der Waals surface area contributed by atoms with Crippen molar-refractivity contribution in [2.45, 2.75) is 18.3 Å². The minimum Gasteiger partial charge on any atom is -0.508 e. The molecule has 6 nitrogen and oxygen atoms in total. The summed E-state index contributed by atoms with van der Waals surface area (Å²) >= 11 is 5.03. The van der Waals surface area contributed by atoms with Gasteiger partial charge in [-0.05, 0) is 30.0 Å². The molecule has 0 bridgehead atoms. The molecule has 0 unspecified atom stereocenters. The SMILES string of the molecule is CCSc1nnc2c(n1)O[C@@H](c1cc(O)ccc1Br)Nc1ccccc1-2. The number of halogens is 1. The van der Waals surface area contributed by atoms with E-state index in [4.69, 9.17) is 4.74 Å². The molecule has 0 amide bonds. The lowest BCUT2D eigenvalue weighted by Gasteiger charge is -2.20. The van der Waals surface area contributed by atoms with Crippen LogP contribution in [0.15, 0.2) is 52.1 Å². The van der Waals surface area contributed by atoms with Gasteiger partial charge in [0.1, 0.15) is 5.75 Å². The minimum atomic E-state index is -0.546. The number of fused-ring (bicyclic) bond motifs is 3. The zero-order valence-electron chi connectivity index (χ0n) is 13.8. The third kappa shape index (κ3) is 3.22. The van der Waals surface area contributed by atoms with E-state index >= 15 is 0 Å². The topological polar surface area (TPSA) is 80.2 Å². The van der Waals surface area contributed by atoms with Gasteiger partial charge in [0.2, 0.25) is 11.0 Å². The molecule has 1 aliphatic rings. The lowest BCUT2D eigenvalue weighted by atomic mass is 10.1. The predicted octanol–water partition coefficient (Wildman–Crippen LogP) is 4.62. The summed E-state index contributed by atoms with van der Waals surface area (Å²) in [4.78, 5) is 4.54. The van der Waals surface area contributed by atoms with Crippen LogP contribution in [0.4, 0.5) is 5.69 Å². The van der Waals surface area contributed by atoms with Gasteiger partial charge in [0.15, 0.2) is 11.9 Å². The van der Waals surface area contributed by atoms with E-state index in [1.807, 2.05) is 31.2 Å². The molecule has 0 spiro atoms. The molecule has 1 aliphatic heterocycles. The summed E-state index contributed by atoms with van der Waals surface area (Å²) in [6.45, 7) is 2.03. The molecule has 3 aromatic rings. The maximum Gasteiger partial charge on any atom is 0.247 e. The van der Waals surface area contributed by atoms with E-state index in [9.17, 15) is 5.11 Å². The van der Waals surface area contributed by atoms with Crippen molar-refractivity contribution in [3.63, 3.8) is 0 Å². The van der Waals surface area contributed by atoms with Crippen LogP contribution in [0.5, 0.6) is 11.6 Å². The van der Waals surface area contributed by atoms with Gasteiger partial charge in [0, 0.05) is 21.3 Å². The maximum atomic E-state index is 9.90. The first kappa shape index (κ1) is 17.1. The number of rotatable bonds is 3. The van der Waals surface area contributed by atoms with Gasteiger partial charge < -0.3 is 15.2 Å². The van der Waals surface area contributed by atoms with Crippen LogP contribution in [0.2, 0.25) is 0 Å². The summed E-state index contributed by atoms with van der Waals surface area (Å²) < 4.78 is 6.99. The zero-order valence-corrected chi connectivity index (χ0v) is 16.2. The second-order valence-corrected chi connectivity index (χ2v) is 7.66. The Balaban J connectivity index is 1.86. The highest BCUT2D eigenvalue weighted by molar-refractivity contribution is 9.10. The Morgan fingerprint density at radius 2 is 2.08 bits per heavy atom. The fourth-order valence-corrected chi connectivity index (χ4v) is 3.67. The normalized spacial score (nSPS) is 15.2. The second kappa shape index (κ2) is 7.13. The number of ether oxygens (including phenoxy) is 1. The molecule has 1 aromatic heterocycles. The van der Waals surface area contributed by atoms with Crippen molar-refractivity contribution in [2.24, 2.45) is 0 Å². The number of hydrogen-bond acceptors (Lipinski definition) is 7. The first-order chi connectivity index (χ1) is 12.7. The number of para-hydroxylation sites is 1. The standard InChI is InChI=1S/C18H15BrN4O2S/c1-2-26-18-21-17-15(22-23-18)11-5-3-4-6-14(11)20-16(25-17)12-9-10(24)7-8-13(12)19/h3-9,16,20,24H,2H2,1H3/t16-/m0/s1. The molecule has 0 saturated heterocycles. The molecule has 132 valence electrons. The number of aromatic hydroxyl groups is 1. The first-order valence-electron chi connectivity index (χ1n) is 8.04. The van der Waals surface area contributed by atoms with Crippen molar-refractivity contribution in [1.82, 2.24) is 15.2 Å². The summed E-state index contributed by atoms with van der Waals surface area (Å²) in [6, 6.07) is 12.8. The number of nitrogens with one attached hydrogen (secondary N) is 1. The molecule has 2 N–H and O–H groups in total. The van der Waals surface area contributed by atoms with E-state index in [1.54, 1.807) is 18.2 Å². The highest BCUT2D eigenvalue weighted by Crippen LogP contribution is 2.41. The van der Waals surface area contributed by atoms with E-state index < -0.39 is 6.23 Å².